The second-order valence-corrected chi connectivity index (χ2v) is 7.13. The number of piperazine rings is 1. The van der Waals surface area contributed by atoms with Crippen molar-refractivity contribution in [2.45, 2.75) is 32.9 Å². The summed E-state index contributed by atoms with van der Waals surface area (Å²) in [6.45, 7) is 4.57. The molecule has 1 N–H and O–H groups in total. The molecule has 0 aliphatic carbocycles. The first kappa shape index (κ1) is 20.5. The lowest BCUT2D eigenvalue weighted by Crippen LogP contribution is -2.59. The Kier molecular flexibility index (Phi) is 6.26. The van der Waals surface area contributed by atoms with Crippen LogP contribution in [-0.4, -0.2) is 46.7 Å². The number of anilines is 1. The van der Waals surface area contributed by atoms with E-state index in [1.807, 2.05) is 26.0 Å². The predicted octanol–water partition coefficient (Wildman–Crippen LogP) is 2.72. The SMILES string of the molecule is CCC(C(=O)Nc1ccc(C)cc1)N1CCN(Cc2ccc(F)cc2)C(=O)C1=O. The minimum atomic E-state index is -0.722. The molecule has 1 aliphatic heterocycles. The molecule has 2 aromatic carbocycles. The minimum Gasteiger partial charge on any atom is -0.328 e. The number of rotatable bonds is 6. The number of hydrogen-bond acceptors (Lipinski definition) is 3. The number of aryl methyl sites for hydroxylation is 1. The number of nitrogens with zero attached hydrogens (tertiary/aromatic N) is 2. The van der Waals surface area contributed by atoms with Crippen LogP contribution in [-0.2, 0) is 20.9 Å². The van der Waals surface area contributed by atoms with Gasteiger partial charge < -0.3 is 15.1 Å². The maximum atomic E-state index is 13.1. The summed E-state index contributed by atoms with van der Waals surface area (Å²) in [6.07, 6.45) is 0.397. The molecule has 0 saturated carbocycles. The Balaban J connectivity index is 1.66. The standard InChI is InChI=1S/C22H24FN3O3/c1-3-19(20(27)24-18-10-4-15(2)5-11-18)26-13-12-25(21(28)22(26)29)14-16-6-8-17(23)9-7-16/h4-11,19H,3,12-14H2,1-2H3,(H,24,27). The molecule has 0 aromatic heterocycles. The highest BCUT2D eigenvalue weighted by Gasteiger charge is 2.38. The minimum absolute atomic E-state index is 0.227. The fourth-order valence-electron chi connectivity index (χ4n) is 3.36. The number of carbonyl (C=O) groups excluding carboxylic acids is 3. The van der Waals surface area contributed by atoms with Crippen LogP contribution >= 0.6 is 0 Å². The highest BCUT2D eigenvalue weighted by atomic mass is 19.1. The van der Waals surface area contributed by atoms with E-state index in [0.29, 0.717) is 18.7 Å². The molecule has 3 amide bonds. The summed E-state index contributed by atoms with van der Waals surface area (Å²) in [4.78, 5) is 40.7. The number of hydrogen-bond donors (Lipinski definition) is 1. The Morgan fingerprint density at radius 3 is 2.31 bits per heavy atom. The molecular formula is C22H24FN3O3. The summed E-state index contributed by atoms with van der Waals surface area (Å²) in [5, 5.41) is 2.82. The topological polar surface area (TPSA) is 69.7 Å². The third kappa shape index (κ3) is 4.80. The van der Waals surface area contributed by atoms with Crippen LogP contribution in [0.5, 0.6) is 0 Å². The van der Waals surface area contributed by atoms with E-state index in [2.05, 4.69) is 5.32 Å². The van der Waals surface area contributed by atoms with Crippen LogP contribution in [0.15, 0.2) is 48.5 Å². The van der Waals surface area contributed by atoms with E-state index in [-0.39, 0.29) is 24.8 Å². The van der Waals surface area contributed by atoms with Gasteiger partial charge in [-0.15, -0.1) is 0 Å². The van der Waals surface area contributed by atoms with Crippen molar-refractivity contribution >= 4 is 23.4 Å². The average molecular weight is 397 g/mol. The number of amides is 3. The molecule has 29 heavy (non-hydrogen) atoms. The van der Waals surface area contributed by atoms with Crippen LogP contribution in [0.1, 0.15) is 24.5 Å². The Bertz CT molecular complexity index is 897. The van der Waals surface area contributed by atoms with Gasteiger partial charge in [-0.3, -0.25) is 14.4 Å². The molecule has 3 rings (SSSR count). The maximum absolute atomic E-state index is 13.1. The molecule has 1 heterocycles. The van der Waals surface area contributed by atoms with Crippen LogP contribution < -0.4 is 5.32 Å². The highest BCUT2D eigenvalue weighted by molar-refractivity contribution is 6.35. The quantitative estimate of drug-likeness (QED) is 0.762. The zero-order valence-electron chi connectivity index (χ0n) is 16.5. The third-order valence-corrected chi connectivity index (χ3v) is 5.01. The van der Waals surface area contributed by atoms with E-state index in [1.54, 1.807) is 24.3 Å². The van der Waals surface area contributed by atoms with E-state index in [0.717, 1.165) is 11.1 Å². The molecule has 0 bridgehead atoms. The van der Waals surface area contributed by atoms with Crippen molar-refractivity contribution in [3.05, 3.63) is 65.5 Å². The third-order valence-electron chi connectivity index (χ3n) is 5.01. The van der Waals surface area contributed by atoms with Gasteiger partial charge in [0.05, 0.1) is 0 Å². The van der Waals surface area contributed by atoms with Crippen LogP contribution in [0.3, 0.4) is 0 Å². The van der Waals surface area contributed by atoms with Crippen molar-refractivity contribution in [2.75, 3.05) is 18.4 Å². The summed E-state index contributed by atoms with van der Waals surface area (Å²) in [5.74, 6) is -2.01. The van der Waals surface area contributed by atoms with Gasteiger partial charge in [-0.2, -0.15) is 0 Å². The normalized spacial score (nSPS) is 15.4. The van der Waals surface area contributed by atoms with Gasteiger partial charge in [0.2, 0.25) is 5.91 Å². The summed E-state index contributed by atoms with van der Waals surface area (Å²) < 4.78 is 13.1. The first-order chi connectivity index (χ1) is 13.9. The summed E-state index contributed by atoms with van der Waals surface area (Å²) in [7, 11) is 0. The van der Waals surface area contributed by atoms with Crippen molar-refractivity contribution in [3.63, 3.8) is 0 Å². The fraction of sp³-hybridized carbons (Fsp3) is 0.318. The van der Waals surface area contributed by atoms with Gasteiger partial charge in [0.25, 0.3) is 0 Å². The lowest BCUT2D eigenvalue weighted by atomic mass is 10.1. The van der Waals surface area contributed by atoms with Crippen molar-refractivity contribution in [1.82, 2.24) is 9.80 Å². The summed E-state index contributed by atoms with van der Waals surface area (Å²) in [5.41, 5.74) is 2.46. The van der Waals surface area contributed by atoms with E-state index < -0.39 is 17.9 Å². The van der Waals surface area contributed by atoms with Gasteiger partial charge in [-0.1, -0.05) is 36.8 Å². The summed E-state index contributed by atoms with van der Waals surface area (Å²) >= 11 is 0. The van der Waals surface area contributed by atoms with Crippen LogP contribution in [0.25, 0.3) is 0 Å². The number of halogens is 1. The Morgan fingerprint density at radius 2 is 1.69 bits per heavy atom. The molecule has 7 heteroatoms. The van der Waals surface area contributed by atoms with Crippen LogP contribution in [0.2, 0.25) is 0 Å². The second-order valence-electron chi connectivity index (χ2n) is 7.13. The van der Waals surface area contributed by atoms with Crippen molar-refractivity contribution in [3.8, 4) is 0 Å². The van der Waals surface area contributed by atoms with Crippen LogP contribution in [0.4, 0.5) is 10.1 Å². The van der Waals surface area contributed by atoms with Gasteiger partial charge >= 0.3 is 11.8 Å². The zero-order valence-corrected chi connectivity index (χ0v) is 16.5. The molecule has 0 spiro atoms. The van der Waals surface area contributed by atoms with E-state index >= 15 is 0 Å². The van der Waals surface area contributed by atoms with Gasteiger partial charge in [-0.05, 0) is 43.2 Å². The molecule has 1 atom stereocenters. The van der Waals surface area contributed by atoms with Crippen molar-refractivity contribution < 1.29 is 18.8 Å². The molecule has 152 valence electrons. The molecule has 2 aromatic rings. The number of benzene rings is 2. The van der Waals surface area contributed by atoms with Crippen molar-refractivity contribution in [2.24, 2.45) is 0 Å². The Labute approximate surface area is 169 Å². The lowest BCUT2D eigenvalue weighted by molar-refractivity contribution is -0.159. The monoisotopic (exact) mass is 397 g/mol. The predicted molar refractivity (Wildman–Crippen MR) is 107 cm³/mol. The largest absolute Gasteiger partial charge is 0.328 e. The lowest BCUT2D eigenvalue weighted by Gasteiger charge is -2.37. The van der Waals surface area contributed by atoms with Gasteiger partial charge in [-0.25, -0.2) is 4.39 Å². The Morgan fingerprint density at radius 1 is 1.03 bits per heavy atom. The van der Waals surface area contributed by atoms with Gasteiger partial charge in [0, 0.05) is 25.3 Å². The van der Waals surface area contributed by atoms with Crippen molar-refractivity contribution in [1.29, 1.82) is 0 Å². The summed E-state index contributed by atoms with van der Waals surface area (Å²) in [6, 6.07) is 12.5. The molecule has 1 aliphatic rings. The molecule has 0 radical (unpaired) electrons. The molecule has 1 fully saturated rings. The zero-order chi connectivity index (χ0) is 21.0. The number of nitrogens with one attached hydrogen (secondary N) is 1. The van der Waals surface area contributed by atoms with Crippen LogP contribution in [0, 0.1) is 12.7 Å². The Hall–Kier alpha value is -3.22. The average Bonchev–Trinajstić information content (AvgIpc) is 2.71. The van der Waals surface area contributed by atoms with Gasteiger partial charge in [0.15, 0.2) is 0 Å². The molecule has 1 saturated heterocycles. The first-order valence-corrected chi connectivity index (χ1v) is 9.61. The smallest absolute Gasteiger partial charge is 0.312 e. The van der Waals surface area contributed by atoms with E-state index in [1.165, 1.54) is 21.9 Å². The number of carbonyl (C=O) groups is 3. The molecule has 6 nitrogen and oxygen atoms in total. The van der Waals surface area contributed by atoms with Gasteiger partial charge in [0.1, 0.15) is 11.9 Å². The highest BCUT2D eigenvalue weighted by Crippen LogP contribution is 2.17. The second kappa shape index (κ2) is 8.86. The fourth-order valence-corrected chi connectivity index (χ4v) is 3.36. The molecular weight excluding hydrogens is 373 g/mol. The van der Waals surface area contributed by atoms with E-state index in [4.69, 9.17) is 0 Å². The molecule has 1 unspecified atom stereocenters. The maximum Gasteiger partial charge on any atom is 0.312 e. The first-order valence-electron chi connectivity index (χ1n) is 9.61. The van der Waals surface area contributed by atoms with E-state index in [9.17, 15) is 18.8 Å².